The van der Waals surface area contributed by atoms with Gasteiger partial charge in [0.1, 0.15) is 6.04 Å². The third-order valence-corrected chi connectivity index (χ3v) is 3.15. The van der Waals surface area contributed by atoms with Gasteiger partial charge in [-0.25, -0.2) is 4.79 Å². The largest absolute Gasteiger partial charge is 0.480 e. The second-order valence-corrected chi connectivity index (χ2v) is 4.44. The van der Waals surface area contributed by atoms with Crippen molar-refractivity contribution in [2.24, 2.45) is 0 Å². The lowest BCUT2D eigenvalue weighted by molar-refractivity contribution is -0.138. The minimum atomic E-state index is -0.906. The van der Waals surface area contributed by atoms with E-state index >= 15 is 0 Å². The highest BCUT2D eigenvalue weighted by Gasteiger charge is 2.36. The summed E-state index contributed by atoms with van der Waals surface area (Å²) in [5, 5.41) is 18.7. The van der Waals surface area contributed by atoms with Crippen molar-refractivity contribution in [1.82, 2.24) is 0 Å². The van der Waals surface area contributed by atoms with Crippen LogP contribution in [0.4, 0.5) is 11.4 Å². The Bertz CT molecular complexity index is 447. The van der Waals surface area contributed by atoms with E-state index in [9.17, 15) is 9.90 Å². The predicted octanol–water partition coefficient (Wildman–Crippen LogP) is 0.601. The van der Waals surface area contributed by atoms with Crippen molar-refractivity contribution in [1.29, 1.82) is 0 Å². The topological polar surface area (TPSA) is 86.8 Å². The molecule has 0 saturated carbocycles. The summed E-state index contributed by atoms with van der Waals surface area (Å²) in [6.07, 6.45) is -0.326. The molecule has 1 aliphatic rings. The molecule has 2 rings (SSSR count). The fourth-order valence-electron chi connectivity index (χ4n) is 2.17. The van der Waals surface area contributed by atoms with Gasteiger partial charge in [0.05, 0.1) is 6.10 Å². The number of rotatable bonds is 2. The molecule has 1 aliphatic heterocycles. The summed E-state index contributed by atoms with van der Waals surface area (Å²) in [7, 11) is 0. The quantitative estimate of drug-likeness (QED) is 0.655. The predicted molar refractivity (Wildman–Crippen MR) is 65.0 cm³/mol. The van der Waals surface area contributed by atoms with E-state index in [2.05, 4.69) is 0 Å². The number of hydrogen-bond donors (Lipinski definition) is 3. The molecule has 0 aromatic heterocycles. The van der Waals surface area contributed by atoms with Gasteiger partial charge >= 0.3 is 5.97 Å². The van der Waals surface area contributed by atoms with Crippen LogP contribution in [-0.2, 0) is 4.79 Å². The average Bonchev–Trinajstić information content (AvgIpc) is 2.64. The van der Waals surface area contributed by atoms with Crippen LogP contribution in [-0.4, -0.2) is 34.9 Å². The summed E-state index contributed by atoms with van der Waals surface area (Å²) in [5.41, 5.74) is 8.11. The molecule has 1 aromatic rings. The van der Waals surface area contributed by atoms with Crippen LogP contribution in [0.2, 0.25) is 0 Å². The first kappa shape index (κ1) is 11.7. The fraction of sp³-hybridized carbons (Fsp3) is 0.417. The number of aliphatic hydroxyl groups excluding tert-OH is 1. The van der Waals surface area contributed by atoms with Crippen LogP contribution in [0.5, 0.6) is 0 Å². The zero-order chi connectivity index (χ0) is 12.6. The van der Waals surface area contributed by atoms with Crippen molar-refractivity contribution in [3.63, 3.8) is 0 Å². The van der Waals surface area contributed by atoms with E-state index in [1.54, 1.807) is 17.0 Å². The third-order valence-electron chi connectivity index (χ3n) is 3.15. The molecule has 0 aliphatic carbocycles. The molecule has 0 spiro atoms. The molecular weight excluding hydrogens is 220 g/mol. The zero-order valence-corrected chi connectivity index (χ0v) is 9.63. The molecule has 5 heteroatoms. The fourth-order valence-corrected chi connectivity index (χ4v) is 2.17. The number of nitrogens with zero attached hydrogens (tertiary/aromatic N) is 1. The molecule has 0 bridgehead atoms. The summed E-state index contributed by atoms with van der Waals surface area (Å²) in [4.78, 5) is 12.8. The molecule has 1 fully saturated rings. The van der Waals surface area contributed by atoms with Gasteiger partial charge in [-0.3, -0.25) is 0 Å². The number of aliphatic hydroxyl groups is 1. The highest BCUT2D eigenvalue weighted by Crippen LogP contribution is 2.28. The van der Waals surface area contributed by atoms with Crippen LogP contribution in [0.15, 0.2) is 18.2 Å². The minimum Gasteiger partial charge on any atom is -0.480 e. The van der Waals surface area contributed by atoms with Crippen molar-refractivity contribution in [2.75, 3.05) is 17.2 Å². The number of benzene rings is 1. The Morgan fingerprint density at radius 2 is 2.24 bits per heavy atom. The first-order chi connectivity index (χ1) is 7.99. The van der Waals surface area contributed by atoms with Gasteiger partial charge < -0.3 is 20.8 Å². The van der Waals surface area contributed by atoms with E-state index in [1.807, 2.05) is 13.0 Å². The highest BCUT2D eigenvalue weighted by molar-refractivity contribution is 5.79. The summed E-state index contributed by atoms with van der Waals surface area (Å²) in [5.74, 6) is -0.906. The van der Waals surface area contributed by atoms with Gasteiger partial charge in [0.25, 0.3) is 0 Å². The van der Waals surface area contributed by atoms with Crippen molar-refractivity contribution < 1.29 is 15.0 Å². The Hall–Kier alpha value is -1.75. The first-order valence-electron chi connectivity index (χ1n) is 5.52. The number of carbonyl (C=O) groups is 1. The van der Waals surface area contributed by atoms with E-state index < -0.39 is 18.1 Å². The van der Waals surface area contributed by atoms with E-state index in [0.717, 1.165) is 11.3 Å². The summed E-state index contributed by atoms with van der Waals surface area (Å²) >= 11 is 0. The van der Waals surface area contributed by atoms with Crippen molar-refractivity contribution in [3.8, 4) is 0 Å². The highest BCUT2D eigenvalue weighted by atomic mass is 16.4. The SMILES string of the molecule is Cc1cc(N2CC(O)CC2C(=O)O)ccc1N. The Labute approximate surface area is 99.5 Å². The molecule has 1 aromatic carbocycles. The maximum atomic E-state index is 11.1. The average molecular weight is 236 g/mol. The molecular formula is C12H16N2O3. The van der Waals surface area contributed by atoms with Gasteiger partial charge in [-0.2, -0.15) is 0 Å². The second kappa shape index (κ2) is 4.25. The van der Waals surface area contributed by atoms with Crippen LogP contribution < -0.4 is 10.6 Å². The standard InChI is InChI=1S/C12H16N2O3/c1-7-4-8(2-3-10(7)13)14-6-9(15)5-11(14)12(16)17/h2-4,9,11,15H,5-6,13H2,1H3,(H,16,17). The van der Waals surface area contributed by atoms with Crippen molar-refractivity contribution in [2.45, 2.75) is 25.5 Å². The number of carboxylic acids is 1. The lowest BCUT2D eigenvalue weighted by atomic mass is 10.1. The van der Waals surface area contributed by atoms with E-state index in [4.69, 9.17) is 10.8 Å². The van der Waals surface area contributed by atoms with Crippen LogP contribution in [0.25, 0.3) is 0 Å². The van der Waals surface area contributed by atoms with Gasteiger partial charge in [0, 0.05) is 24.3 Å². The van der Waals surface area contributed by atoms with Gasteiger partial charge in [-0.05, 0) is 30.7 Å². The second-order valence-electron chi connectivity index (χ2n) is 4.44. The lowest BCUT2D eigenvalue weighted by Gasteiger charge is -2.24. The Balaban J connectivity index is 2.31. The Morgan fingerprint density at radius 3 is 2.82 bits per heavy atom. The molecule has 1 saturated heterocycles. The maximum Gasteiger partial charge on any atom is 0.326 e. The summed E-state index contributed by atoms with van der Waals surface area (Å²) in [6.45, 7) is 2.22. The zero-order valence-electron chi connectivity index (χ0n) is 9.63. The lowest BCUT2D eigenvalue weighted by Crippen LogP contribution is -2.36. The smallest absolute Gasteiger partial charge is 0.326 e. The molecule has 0 amide bonds. The summed E-state index contributed by atoms with van der Waals surface area (Å²) in [6, 6.07) is 4.74. The third kappa shape index (κ3) is 2.19. The number of aryl methyl sites for hydroxylation is 1. The van der Waals surface area contributed by atoms with Crippen LogP contribution in [0.3, 0.4) is 0 Å². The monoisotopic (exact) mass is 236 g/mol. The number of β-amino-alcohol motifs (C(OH)–C–C–N with tert-alkyl or cyclic N) is 1. The maximum absolute atomic E-state index is 11.1. The van der Waals surface area contributed by atoms with E-state index in [-0.39, 0.29) is 6.42 Å². The van der Waals surface area contributed by atoms with Crippen LogP contribution in [0, 0.1) is 6.92 Å². The van der Waals surface area contributed by atoms with Gasteiger partial charge in [0.15, 0.2) is 0 Å². The molecule has 17 heavy (non-hydrogen) atoms. The minimum absolute atomic E-state index is 0.263. The number of nitrogen functional groups attached to an aromatic ring is 1. The number of nitrogens with two attached hydrogens (primary N) is 1. The normalized spacial score (nSPS) is 24.0. The van der Waals surface area contributed by atoms with Crippen LogP contribution >= 0.6 is 0 Å². The first-order valence-corrected chi connectivity index (χ1v) is 5.52. The van der Waals surface area contributed by atoms with E-state index in [0.29, 0.717) is 12.2 Å². The number of aliphatic carboxylic acids is 1. The number of anilines is 2. The molecule has 5 nitrogen and oxygen atoms in total. The Kier molecular flexibility index (Phi) is 2.93. The van der Waals surface area contributed by atoms with E-state index in [1.165, 1.54) is 0 Å². The molecule has 2 atom stereocenters. The summed E-state index contributed by atoms with van der Waals surface area (Å²) < 4.78 is 0. The van der Waals surface area contributed by atoms with Gasteiger partial charge in [0.2, 0.25) is 0 Å². The number of hydrogen-bond acceptors (Lipinski definition) is 4. The molecule has 0 radical (unpaired) electrons. The van der Waals surface area contributed by atoms with Crippen molar-refractivity contribution >= 4 is 17.3 Å². The van der Waals surface area contributed by atoms with Gasteiger partial charge in [-0.15, -0.1) is 0 Å². The van der Waals surface area contributed by atoms with Crippen LogP contribution in [0.1, 0.15) is 12.0 Å². The molecule has 2 unspecified atom stereocenters. The van der Waals surface area contributed by atoms with Gasteiger partial charge in [-0.1, -0.05) is 0 Å². The Morgan fingerprint density at radius 1 is 1.53 bits per heavy atom. The molecule has 4 N–H and O–H groups in total. The number of carboxylic acid groups (broad SMARTS) is 1. The molecule has 92 valence electrons. The molecule has 1 heterocycles. The van der Waals surface area contributed by atoms with Crippen molar-refractivity contribution in [3.05, 3.63) is 23.8 Å².